The number of benzene rings is 1. The lowest BCUT2D eigenvalue weighted by molar-refractivity contribution is -0.123. The molecule has 24 heavy (non-hydrogen) atoms. The first-order chi connectivity index (χ1) is 11.0. The number of hydrogen-bond acceptors (Lipinski definition) is 3. The predicted octanol–water partition coefficient (Wildman–Crippen LogP) is 5.66. The Morgan fingerprint density at radius 2 is 1.79 bits per heavy atom. The highest BCUT2D eigenvalue weighted by Crippen LogP contribution is 2.33. The molecule has 0 atom stereocenters. The van der Waals surface area contributed by atoms with Crippen LogP contribution in [0.3, 0.4) is 0 Å². The summed E-state index contributed by atoms with van der Waals surface area (Å²) < 4.78 is 0. The third kappa shape index (κ3) is 4.85. The molecule has 0 aliphatic heterocycles. The summed E-state index contributed by atoms with van der Waals surface area (Å²) in [5.41, 5.74) is 7.64. The number of nitriles is 1. The zero-order valence-corrected chi connectivity index (χ0v) is 16.5. The summed E-state index contributed by atoms with van der Waals surface area (Å²) in [6.45, 7) is 16.8. The minimum absolute atomic E-state index is 0.00397. The van der Waals surface area contributed by atoms with Gasteiger partial charge in [0.2, 0.25) is 0 Å². The Labute approximate surface area is 147 Å². The number of nitrogens with one attached hydrogen (secondary N) is 1. The number of unbranched alkanes of at least 4 members (excludes halogenated alkanes) is 1. The molecule has 0 bridgehead atoms. The Morgan fingerprint density at radius 1 is 1.17 bits per heavy atom. The highest BCUT2D eigenvalue weighted by Gasteiger charge is 2.34. The van der Waals surface area contributed by atoms with Gasteiger partial charge in [0.1, 0.15) is 0 Å². The molecule has 0 radical (unpaired) electrons. The SMILES string of the molecule is CCC/C=C(/NOC(C)(C)C(C)(C)C)c1cc(C#N)c(C)cc1C. The molecular formula is C21H32N2O. The summed E-state index contributed by atoms with van der Waals surface area (Å²) in [4.78, 5) is 6.07. The summed E-state index contributed by atoms with van der Waals surface area (Å²) in [5.74, 6) is 0. The monoisotopic (exact) mass is 328 g/mol. The Hall–Kier alpha value is -1.79. The second-order valence-electron chi connectivity index (χ2n) is 7.96. The topological polar surface area (TPSA) is 45.0 Å². The molecule has 3 heteroatoms. The van der Waals surface area contributed by atoms with Crippen LogP contribution in [0.1, 0.15) is 76.6 Å². The quantitative estimate of drug-likeness (QED) is 0.685. The van der Waals surface area contributed by atoms with Crippen molar-refractivity contribution in [2.45, 2.75) is 73.8 Å². The lowest BCUT2D eigenvalue weighted by Crippen LogP contribution is -2.43. The van der Waals surface area contributed by atoms with Crippen LogP contribution in [0, 0.1) is 30.6 Å². The molecule has 0 unspecified atom stereocenters. The van der Waals surface area contributed by atoms with Crippen LogP contribution < -0.4 is 5.48 Å². The van der Waals surface area contributed by atoms with Crippen LogP contribution in [0.15, 0.2) is 18.2 Å². The van der Waals surface area contributed by atoms with E-state index >= 15 is 0 Å². The van der Waals surface area contributed by atoms with Crippen LogP contribution in [0.25, 0.3) is 5.70 Å². The van der Waals surface area contributed by atoms with Crippen LogP contribution in [-0.4, -0.2) is 5.60 Å². The van der Waals surface area contributed by atoms with Crippen LogP contribution >= 0.6 is 0 Å². The number of hydroxylamine groups is 1. The fourth-order valence-corrected chi connectivity index (χ4v) is 2.09. The molecule has 3 nitrogen and oxygen atoms in total. The molecule has 0 aliphatic carbocycles. The maximum Gasteiger partial charge on any atom is 0.0994 e. The number of allylic oxidation sites excluding steroid dienone is 1. The van der Waals surface area contributed by atoms with Gasteiger partial charge in [-0.05, 0) is 56.7 Å². The summed E-state index contributed by atoms with van der Waals surface area (Å²) in [5, 5.41) is 9.34. The van der Waals surface area contributed by atoms with Crippen molar-refractivity contribution in [3.8, 4) is 6.07 Å². The third-order valence-corrected chi connectivity index (χ3v) is 4.84. The molecule has 1 rings (SSSR count). The van der Waals surface area contributed by atoms with Crippen LogP contribution in [-0.2, 0) is 4.84 Å². The normalized spacial score (nSPS) is 12.9. The molecule has 0 saturated carbocycles. The molecule has 0 amide bonds. The van der Waals surface area contributed by atoms with Crippen LogP contribution in [0.2, 0.25) is 0 Å². The van der Waals surface area contributed by atoms with E-state index in [9.17, 15) is 5.26 Å². The predicted molar refractivity (Wildman–Crippen MR) is 101 cm³/mol. The van der Waals surface area contributed by atoms with Gasteiger partial charge in [0.25, 0.3) is 0 Å². The van der Waals surface area contributed by atoms with Crippen molar-refractivity contribution in [3.05, 3.63) is 40.5 Å². The van der Waals surface area contributed by atoms with E-state index in [-0.39, 0.29) is 11.0 Å². The summed E-state index contributed by atoms with van der Waals surface area (Å²) in [6.07, 6.45) is 4.16. The molecular weight excluding hydrogens is 296 g/mol. The van der Waals surface area contributed by atoms with Crippen molar-refractivity contribution in [2.75, 3.05) is 0 Å². The van der Waals surface area contributed by atoms with Gasteiger partial charge >= 0.3 is 0 Å². The molecule has 0 saturated heterocycles. The van der Waals surface area contributed by atoms with E-state index in [1.165, 1.54) is 0 Å². The van der Waals surface area contributed by atoms with E-state index < -0.39 is 0 Å². The van der Waals surface area contributed by atoms with E-state index in [1.807, 2.05) is 13.0 Å². The van der Waals surface area contributed by atoms with Gasteiger partial charge in [0, 0.05) is 5.56 Å². The van der Waals surface area contributed by atoms with Gasteiger partial charge in [-0.2, -0.15) is 5.26 Å². The second kappa shape index (κ2) is 7.85. The largest absolute Gasteiger partial charge is 0.270 e. The molecule has 0 fully saturated rings. The maximum absolute atomic E-state index is 9.34. The Morgan fingerprint density at radius 3 is 2.29 bits per heavy atom. The van der Waals surface area contributed by atoms with Gasteiger partial charge in [-0.3, -0.25) is 10.3 Å². The highest BCUT2D eigenvalue weighted by molar-refractivity contribution is 5.68. The van der Waals surface area contributed by atoms with E-state index in [2.05, 4.69) is 72.2 Å². The Bertz CT molecular complexity index is 643. The average Bonchev–Trinajstić information content (AvgIpc) is 2.47. The minimum Gasteiger partial charge on any atom is -0.270 e. The van der Waals surface area contributed by atoms with Gasteiger partial charge < -0.3 is 0 Å². The van der Waals surface area contributed by atoms with Crippen LogP contribution in [0.4, 0.5) is 0 Å². The lowest BCUT2D eigenvalue weighted by Gasteiger charge is -2.38. The van der Waals surface area contributed by atoms with Gasteiger partial charge in [0.05, 0.1) is 22.9 Å². The van der Waals surface area contributed by atoms with Gasteiger partial charge in [-0.25, -0.2) is 0 Å². The zero-order chi connectivity index (χ0) is 18.5. The smallest absolute Gasteiger partial charge is 0.0994 e. The number of hydrogen-bond donors (Lipinski definition) is 1. The van der Waals surface area contributed by atoms with Crippen molar-refractivity contribution >= 4 is 5.70 Å². The number of rotatable bonds is 6. The molecule has 0 heterocycles. The molecule has 1 N–H and O–H groups in total. The standard InChI is InChI=1S/C21H32N2O/c1-9-10-11-19(23-24-21(7,8)20(4,5)6)18-13-17(14-22)15(2)12-16(18)3/h11-13,23H,9-10H2,1-8H3/b19-11+. The molecule has 0 aromatic heterocycles. The van der Waals surface area contributed by atoms with E-state index in [0.29, 0.717) is 5.56 Å². The fourth-order valence-electron chi connectivity index (χ4n) is 2.09. The highest BCUT2D eigenvalue weighted by atomic mass is 16.7. The number of nitrogens with zero attached hydrogens (tertiary/aromatic N) is 1. The molecule has 0 spiro atoms. The molecule has 1 aromatic rings. The summed E-state index contributed by atoms with van der Waals surface area (Å²) >= 11 is 0. The Kier molecular flexibility index (Phi) is 6.63. The summed E-state index contributed by atoms with van der Waals surface area (Å²) in [7, 11) is 0. The van der Waals surface area contributed by atoms with Crippen molar-refractivity contribution < 1.29 is 4.84 Å². The average molecular weight is 329 g/mol. The first-order valence-corrected chi connectivity index (χ1v) is 8.69. The zero-order valence-electron chi connectivity index (χ0n) is 16.5. The molecule has 0 aliphatic rings. The van der Waals surface area contributed by atoms with Crippen molar-refractivity contribution in [2.24, 2.45) is 5.41 Å². The van der Waals surface area contributed by atoms with Gasteiger partial charge in [0.15, 0.2) is 0 Å². The fraction of sp³-hybridized carbons (Fsp3) is 0.571. The summed E-state index contributed by atoms with van der Waals surface area (Å²) in [6, 6.07) is 6.29. The van der Waals surface area contributed by atoms with E-state index in [0.717, 1.165) is 35.2 Å². The van der Waals surface area contributed by atoms with Gasteiger partial charge in [-0.15, -0.1) is 0 Å². The minimum atomic E-state index is -0.338. The molecule has 1 aromatic carbocycles. The number of aryl methyl sites for hydroxylation is 2. The van der Waals surface area contributed by atoms with Crippen LogP contribution in [0.5, 0.6) is 0 Å². The molecule has 132 valence electrons. The van der Waals surface area contributed by atoms with Crippen molar-refractivity contribution in [1.29, 1.82) is 5.26 Å². The second-order valence-corrected chi connectivity index (χ2v) is 7.96. The van der Waals surface area contributed by atoms with Crippen molar-refractivity contribution in [3.63, 3.8) is 0 Å². The van der Waals surface area contributed by atoms with E-state index in [4.69, 9.17) is 4.84 Å². The van der Waals surface area contributed by atoms with Gasteiger partial charge in [-0.1, -0.05) is 46.3 Å². The first kappa shape index (κ1) is 20.3. The van der Waals surface area contributed by atoms with Crippen molar-refractivity contribution in [1.82, 2.24) is 5.48 Å². The maximum atomic E-state index is 9.34. The first-order valence-electron chi connectivity index (χ1n) is 8.69. The lowest BCUT2D eigenvalue weighted by atomic mass is 9.79. The third-order valence-electron chi connectivity index (χ3n) is 4.84. The Balaban J connectivity index is 3.19. The van der Waals surface area contributed by atoms with E-state index in [1.54, 1.807) is 0 Å².